The van der Waals surface area contributed by atoms with Gasteiger partial charge in [0.1, 0.15) is 17.4 Å². The van der Waals surface area contributed by atoms with Crippen LogP contribution in [0.5, 0.6) is 0 Å². The van der Waals surface area contributed by atoms with Crippen molar-refractivity contribution in [3.05, 3.63) is 117 Å². The molecule has 0 amide bonds. The van der Waals surface area contributed by atoms with Crippen molar-refractivity contribution < 1.29 is 14.3 Å². The number of aliphatic hydroxyl groups excluding tert-OH is 1. The zero-order chi connectivity index (χ0) is 24.7. The lowest BCUT2D eigenvalue weighted by atomic mass is 9.73. The van der Waals surface area contributed by atoms with Crippen molar-refractivity contribution in [2.75, 3.05) is 4.90 Å². The van der Waals surface area contributed by atoms with Gasteiger partial charge in [-0.05, 0) is 50.1 Å². The van der Waals surface area contributed by atoms with E-state index in [9.17, 15) is 15.3 Å². The van der Waals surface area contributed by atoms with E-state index >= 15 is 4.39 Å². The van der Waals surface area contributed by atoms with Crippen molar-refractivity contribution in [1.29, 1.82) is 5.41 Å². The molecule has 0 bridgehead atoms. The van der Waals surface area contributed by atoms with Crippen molar-refractivity contribution in [1.82, 2.24) is 0 Å². The number of nitrogens with zero attached hydrogens (tertiary/aromatic N) is 1. The van der Waals surface area contributed by atoms with Crippen LogP contribution in [0.2, 0.25) is 5.02 Å². The number of hydrogen-bond donors (Lipinski definition) is 2. The lowest BCUT2D eigenvalue weighted by Gasteiger charge is -2.41. The second kappa shape index (κ2) is 9.16. The summed E-state index contributed by atoms with van der Waals surface area (Å²) in [4.78, 5) is 15.1. The Bertz CT molecular complexity index is 1390. The number of rotatable bonds is 3. The number of ketones is 1. The Labute approximate surface area is 208 Å². The summed E-state index contributed by atoms with van der Waals surface area (Å²) in [6, 6.07) is 20.5. The standard InChI is InChI=1S/C29H24ClFN2O2/c1-17-9-11-18(12-10-17)28(35)27-25(21-5-2-3-6-22(21)31)26-23(7-4-8-24(26)34)33(29(27)32)20-15-13-19(30)14-16-20/h2-3,5-6,9-16,25,32,35H,4,7-8H2,1H3/b28-27+,32-29?. The summed E-state index contributed by atoms with van der Waals surface area (Å²) in [6.07, 6.45) is 1.54. The average Bonchev–Trinajstić information content (AvgIpc) is 2.85. The second-order valence-electron chi connectivity index (χ2n) is 8.88. The molecule has 0 saturated carbocycles. The summed E-state index contributed by atoms with van der Waals surface area (Å²) in [5.74, 6) is -1.61. The quantitative estimate of drug-likeness (QED) is 0.380. The van der Waals surface area contributed by atoms with Gasteiger partial charge in [0.05, 0.1) is 0 Å². The number of allylic oxidation sites excluding steroid dienone is 2. The Kier molecular flexibility index (Phi) is 6.03. The maximum absolute atomic E-state index is 15.2. The third-order valence-corrected chi connectivity index (χ3v) is 6.89. The number of benzene rings is 3. The van der Waals surface area contributed by atoms with E-state index in [4.69, 9.17) is 11.6 Å². The molecule has 3 aromatic rings. The minimum Gasteiger partial charge on any atom is -0.507 e. The van der Waals surface area contributed by atoms with Gasteiger partial charge in [0.25, 0.3) is 0 Å². The number of carbonyl (C=O) groups is 1. The van der Waals surface area contributed by atoms with E-state index < -0.39 is 11.7 Å². The normalized spacial score (nSPS) is 19.6. The van der Waals surface area contributed by atoms with E-state index in [-0.39, 0.29) is 28.5 Å². The zero-order valence-electron chi connectivity index (χ0n) is 19.2. The maximum Gasteiger partial charge on any atom is 0.161 e. The molecule has 3 aromatic carbocycles. The number of nitrogens with one attached hydrogen (secondary N) is 1. The molecule has 1 atom stereocenters. The molecule has 6 heteroatoms. The number of halogens is 2. The van der Waals surface area contributed by atoms with E-state index in [0.717, 1.165) is 5.56 Å². The molecule has 2 aliphatic rings. The van der Waals surface area contributed by atoms with Gasteiger partial charge in [-0.2, -0.15) is 0 Å². The van der Waals surface area contributed by atoms with Gasteiger partial charge in [0.2, 0.25) is 0 Å². The van der Waals surface area contributed by atoms with Crippen LogP contribution < -0.4 is 4.90 Å². The van der Waals surface area contributed by atoms with Gasteiger partial charge in [-0.1, -0.05) is 59.6 Å². The van der Waals surface area contributed by atoms with Crippen LogP contribution in [0.3, 0.4) is 0 Å². The summed E-state index contributed by atoms with van der Waals surface area (Å²) in [6.45, 7) is 1.94. The van der Waals surface area contributed by atoms with E-state index in [0.29, 0.717) is 46.8 Å². The van der Waals surface area contributed by atoms with Crippen molar-refractivity contribution in [2.45, 2.75) is 32.1 Å². The number of carbonyl (C=O) groups excluding carboxylic acids is 1. The van der Waals surface area contributed by atoms with Crippen molar-refractivity contribution in [2.24, 2.45) is 0 Å². The third-order valence-electron chi connectivity index (χ3n) is 6.64. The highest BCUT2D eigenvalue weighted by Crippen LogP contribution is 2.48. The Hall–Kier alpha value is -3.70. The van der Waals surface area contributed by atoms with E-state index in [2.05, 4.69) is 0 Å². The van der Waals surface area contributed by atoms with E-state index in [1.54, 1.807) is 59.5 Å². The Morgan fingerprint density at radius 1 is 1.03 bits per heavy atom. The molecule has 1 heterocycles. The molecule has 0 spiro atoms. The molecule has 1 aliphatic heterocycles. The lowest BCUT2D eigenvalue weighted by Crippen LogP contribution is -2.42. The van der Waals surface area contributed by atoms with Gasteiger partial charge >= 0.3 is 0 Å². The summed E-state index contributed by atoms with van der Waals surface area (Å²) >= 11 is 6.11. The largest absolute Gasteiger partial charge is 0.507 e. The Balaban J connectivity index is 1.84. The van der Waals surface area contributed by atoms with Crippen LogP contribution in [-0.4, -0.2) is 16.7 Å². The van der Waals surface area contributed by atoms with Crippen molar-refractivity contribution >= 4 is 34.7 Å². The molecular weight excluding hydrogens is 463 g/mol. The van der Waals surface area contributed by atoms with E-state index in [1.165, 1.54) is 6.07 Å². The zero-order valence-corrected chi connectivity index (χ0v) is 19.9. The second-order valence-corrected chi connectivity index (χ2v) is 9.32. The molecule has 0 radical (unpaired) electrons. The molecule has 176 valence electrons. The Morgan fingerprint density at radius 2 is 1.71 bits per heavy atom. The fourth-order valence-electron chi connectivity index (χ4n) is 4.95. The fourth-order valence-corrected chi connectivity index (χ4v) is 5.08. The van der Waals surface area contributed by atoms with Gasteiger partial charge in [-0.3, -0.25) is 15.1 Å². The lowest BCUT2D eigenvalue weighted by molar-refractivity contribution is -0.116. The van der Waals surface area contributed by atoms with Gasteiger partial charge in [0.15, 0.2) is 5.78 Å². The number of aryl methyl sites for hydroxylation is 1. The molecule has 0 aromatic heterocycles. The van der Waals surface area contributed by atoms with Crippen LogP contribution in [0.1, 0.15) is 41.9 Å². The highest BCUT2D eigenvalue weighted by molar-refractivity contribution is 6.30. The predicted octanol–water partition coefficient (Wildman–Crippen LogP) is 7.34. The SMILES string of the molecule is Cc1ccc(/C(O)=C2\C(=N)N(c3ccc(Cl)cc3)C3=C(C(=O)CCC3)C2c2ccccc2F)cc1. The van der Waals surface area contributed by atoms with Crippen LogP contribution in [-0.2, 0) is 4.79 Å². The monoisotopic (exact) mass is 486 g/mol. The minimum absolute atomic E-state index is 0.00657. The van der Waals surface area contributed by atoms with Crippen molar-refractivity contribution in [3.8, 4) is 0 Å². The third kappa shape index (κ3) is 4.06. The molecule has 2 N–H and O–H groups in total. The predicted molar refractivity (Wildman–Crippen MR) is 137 cm³/mol. The number of hydrogen-bond acceptors (Lipinski definition) is 3. The first kappa shape index (κ1) is 23.1. The molecule has 4 nitrogen and oxygen atoms in total. The molecule has 0 fully saturated rings. The smallest absolute Gasteiger partial charge is 0.161 e. The van der Waals surface area contributed by atoms with Gasteiger partial charge < -0.3 is 5.11 Å². The number of anilines is 1. The number of aliphatic hydroxyl groups is 1. The van der Waals surface area contributed by atoms with Gasteiger partial charge in [0, 0.05) is 51.0 Å². The van der Waals surface area contributed by atoms with Crippen LogP contribution >= 0.6 is 11.6 Å². The average molecular weight is 487 g/mol. The summed E-state index contributed by atoms with van der Waals surface area (Å²) in [7, 11) is 0. The molecule has 1 unspecified atom stereocenters. The highest BCUT2D eigenvalue weighted by atomic mass is 35.5. The minimum atomic E-state index is -0.892. The van der Waals surface area contributed by atoms with Crippen LogP contribution in [0, 0.1) is 18.2 Å². The van der Waals surface area contributed by atoms with Gasteiger partial charge in [-0.25, -0.2) is 4.39 Å². The van der Waals surface area contributed by atoms with Crippen LogP contribution in [0.15, 0.2) is 89.6 Å². The molecule has 1 aliphatic carbocycles. The van der Waals surface area contributed by atoms with Crippen molar-refractivity contribution in [3.63, 3.8) is 0 Å². The molecular formula is C29H24ClFN2O2. The number of Topliss-reactive ketones (excluding diaryl/α,β-unsaturated/α-hetero) is 1. The number of amidine groups is 1. The van der Waals surface area contributed by atoms with E-state index in [1.807, 2.05) is 19.1 Å². The first-order valence-corrected chi connectivity index (χ1v) is 11.9. The fraction of sp³-hybridized carbons (Fsp3) is 0.172. The molecule has 5 rings (SSSR count). The maximum atomic E-state index is 15.2. The summed E-state index contributed by atoms with van der Waals surface area (Å²) in [5, 5.41) is 21.4. The summed E-state index contributed by atoms with van der Waals surface area (Å²) in [5.41, 5.74) is 3.74. The van der Waals surface area contributed by atoms with Crippen LogP contribution in [0.4, 0.5) is 10.1 Å². The summed E-state index contributed by atoms with van der Waals surface area (Å²) < 4.78 is 15.2. The molecule has 35 heavy (non-hydrogen) atoms. The van der Waals surface area contributed by atoms with Crippen LogP contribution in [0.25, 0.3) is 5.76 Å². The first-order valence-electron chi connectivity index (χ1n) is 11.5. The highest BCUT2D eigenvalue weighted by Gasteiger charge is 2.44. The topological polar surface area (TPSA) is 64.4 Å². The molecule has 0 saturated heterocycles. The Morgan fingerprint density at radius 3 is 2.40 bits per heavy atom. The van der Waals surface area contributed by atoms with Gasteiger partial charge in [-0.15, -0.1) is 0 Å². The first-order chi connectivity index (χ1) is 16.9.